The van der Waals surface area contributed by atoms with Crippen molar-refractivity contribution >= 4 is 5.82 Å². The third-order valence-electron chi connectivity index (χ3n) is 3.25. The summed E-state index contributed by atoms with van der Waals surface area (Å²) in [5.74, 6) is 1.00. The van der Waals surface area contributed by atoms with Crippen LogP contribution in [0.3, 0.4) is 0 Å². The first kappa shape index (κ1) is 16.9. The number of anilines is 1. The Morgan fingerprint density at radius 1 is 1.35 bits per heavy atom. The van der Waals surface area contributed by atoms with Gasteiger partial charge in [-0.15, -0.1) is 0 Å². The van der Waals surface area contributed by atoms with Gasteiger partial charge >= 0.3 is 0 Å². The summed E-state index contributed by atoms with van der Waals surface area (Å²) in [6.45, 7) is 12.3. The van der Waals surface area contributed by atoms with Crippen molar-refractivity contribution in [2.24, 2.45) is 0 Å². The van der Waals surface area contributed by atoms with Gasteiger partial charge in [-0.2, -0.15) is 0 Å². The molecule has 1 rings (SSSR count). The highest BCUT2D eigenvalue weighted by Gasteiger charge is 2.13. The molecule has 20 heavy (non-hydrogen) atoms. The van der Waals surface area contributed by atoms with Crippen LogP contribution >= 0.6 is 0 Å². The van der Waals surface area contributed by atoms with Crippen molar-refractivity contribution in [3.8, 4) is 0 Å². The van der Waals surface area contributed by atoms with Crippen LogP contribution in [0.4, 0.5) is 5.82 Å². The summed E-state index contributed by atoms with van der Waals surface area (Å²) >= 11 is 0. The van der Waals surface area contributed by atoms with Gasteiger partial charge in [0.15, 0.2) is 0 Å². The Balaban J connectivity index is 2.85. The van der Waals surface area contributed by atoms with Crippen LogP contribution in [-0.2, 0) is 11.3 Å². The molecule has 114 valence electrons. The number of nitrogens with one attached hydrogen (secondary N) is 1. The standard InChI is InChI=1S/C16H29N3O/c1-12-8-14(10-17-16(3,4)5)9-15(18-12)19(6)13(2)11-20-7/h8-9,13,17H,10-11H2,1-7H3. The average Bonchev–Trinajstić information content (AvgIpc) is 2.34. The molecule has 1 unspecified atom stereocenters. The van der Waals surface area contributed by atoms with Crippen LogP contribution in [-0.4, -0.2) is 37.3 Å². The third-order valence-corrected chi connectivity index (χ3v) is 3.25. The molecule has 0 aliphatic rings. The lowest BCUT2D eigenvalue weighted by atomic mass is 10.1. The van der Waals surface area contributed by atoms with Gasteiger partial charge in [0, 0.05) is 31.9 Å². The Bertz CT molecular complexity index is 426. The number of hydrogen-bond acceptors (Lipinski definition) is 4. The maximum Gasteiger partial charge on any atom is 0.129 e. The first-order valence-corrected chi connectivity index (χ1v) is 7.17. The van der Waals surface area contributed by atoms with Crippen molar-refractivity contribution < 1.29 is 4.74 Å². The zero-order chi connectivity index (χ0) is 15.3. The van der Waals surface area contributed by atoms with Gasteiger partial charge < -0.3 is 15.0 Å². The van der Waals surface area contributed by atoms with Gasteiger partial charge in [0.05, 0.1) is 12.6 Å². The van der Waals surface area contributed by atoms with Crippen molar-refractivity contribution in [2.75, 3.05) is 25.7 Å². The summed E-state index contributed by atoms with van der Waals surface area (Å²) in [6, 6.07) is 4.59. The summed E-state index contributed by atoms with van der Waals surface area (Å²) in [7, 11) is 3.79. The van der Waals surface area contributed by atoms with E-state index in [0.29, 0.717) is 12.6 Å². The molecular weight excluding hydrogens is 250 g/mol. The fourth-order valence-corrected chi connectivity index (χ4v) is 1.95. The van der Waals surface area contributed by atoms with Crippen molar-refractivity contribution in [1.29, 1.82) is 0 Å². The van der Waals surface area contributed by atoms with Gasteiger partial charge in [0.2, 0.25) is 0 Å². The maximum atomic E-state index is 5.22. The number of methoxy groups -OCH3 is 1. The quantitative estimate of drug-likeness (QED) is 0.869. The highest BCUT2D eigenvalue weighted by atomic mass is 16.5. The zero-order valence-electron chi connectivity index (χ0n) is 13.9. The number of hydrogen-bond donors (Lipinski definition) is 1. The normalized spacial score (nSPS) is 13.3. The summed E-state index contributed by atoms with van der Waals surface area (Å²) in [5.41, 5.74) is 2.43. The molecule has 1 N–H and O–H groups in total. The second kappa shape index (κ2) is 7.04. The van der Waals surface area contributed by atoms with E-state index < -0.39 is 0 Å². The monoisotopic (exact) mass is 279 g/mol. The van der Waals surface area contributed by atoms with Gasteiger partial charge in [-0.25, -0.2) is 4.98 Å². The summed E-state index contributed by atoms with van der Waals surface area (Å²) in [5, 5.41) is 3.51. The first-order chi connectivity index (χ1) is 9.23. The Morgan fingerprint density at radius 3 is 2.55 bits per heavy atom. The minimum absolute atomic E-state index is 0.118. The van der Waals surface area contributed by atoms with Gasteiger partial charge in [-0.1, -0.05) is 0 Å². The highest BCUT2D eigenvalue weighted by molar-refractivity contribution is 5.42. The largest absolute Gasteiger partial charge is 0.383 e. The van der Waals surface area contributed by atoms with E-state index in [1.165, 1.54) is 5.56 Å². The molecule has 0 amide bonds. The zero-order valence-corrected chi connectivity index (χ0v) is 13.9. The fourth-order valence-electron chi connectivity index (χ4n) is 1.95. The average molecular weight is 279 g/mol. The predicted molar refractivity (Wildman–Crippen MR) is 85.3 cm³/mol. The predicted octanol–water partition coefficient (Wildman–Crippen LogP) is 2.75. The topological polar surface area (TPSA) is 37.4 Å². The molecular formula is C16H29N3O. The number of aryl methyl sites for hydroxylation is 1. The van der Waals surface area contributed by atoms with Gasteiger partial charge in [0.1, 0.15) is 5.82 Å². The first-order valence-electron chi connectivity index (χ1n) is 7.17. The minimum atomic E-state index is 0.118. The van der Waals surface area contributed by atoms with Crippen LogP contribution in [0.15, 0.2) is 12.1 Å². The van der Waals surface area contributed by atoms with Crippen LogP contribution < -0.4 is 10.2 Å². The lowest BCUT2D eigenvalue weighted by Crippen LogP contribution is -2.35. The fraction of sp³-hybridized carbons (Fsp3) is 0.688. The molecule has 0 bridgehead atoms. The summed E-state index contributed by atoms with van der Waals surface area (Å²) in [4.78, 5) is 6.79. The second-order valence-electron chi connectivity index (χ2n) is 6.49. The molecule has 1 aromatic rings. The van der Waals surface area contributed by atoms with Crippen molar-refractivity contribution in [3.05, 3.63) is 23.4 Å². The van der Waals surface area contributed by atoms with Crippen LogP contribution in [0.2, 0.25) is 0 Å². The Morgan fingerprint density at radius 2 is 2.00 bits per heavy atom. The molecule has 1 aromatic heterocycles. The number of nitrogens with zero attached hydrogens (tertiary/aromatic N) is 2. The Labute approximate surface area is 123 Å². The van der Waals surface area contributed by atoms with Gasteiger partial charge in [-0.3, -0.25) is 0 Å². The maximum absolute atomic E-state index is 5.22. The third kappa shape index (κ3) is 5.47. The lowest BCUT2D eigenvalue weighted by molar-refractivity contribution is 0.183. The van der Waals surface area contributed by atoms with E-state index in [1.54, 1.807) is 7.11 Å². The van der Waals surface area contributed by atoms with Crippen LogP contribution in [0.5, 0.6) is 0 Å². The minimum Gasteiger partial charge on any atom is -0.383 e. The molecule has 0 aromatic carbocycles. The van der Waals surface area contributed by atoms with E-state index in [4.69, 9.17) is 4.74 Å². The Kier molecular flexibility index (Phi) is 5.96. The molecule has 0 fully saturated rings. The summed E-state index contributed by atoms with van der Waals surface area (Å²) < 4.78 is 5.22. The molecule has 4 heteroatoms. The highest BCUT2D eigenvalue weighted by Crippen LogP contribution is 2.17. The molecule has 0 radical (unpaired) electrons. The van der Waals surface area contributed by atoms with Crippen LogP contribution in [0.1, 0.15) is 39.0 Å². The van der Waals surface area contributed by atoms with Crippen LogP contribution in [0, 0.1) is 6.92 Å². The van der Waals surface area contributed by atoms with Crippen molar-refractivity contribution in [2.45, 2.75) is 52.7 Å². The van der Waals surface area contributed by atoms with E-state index in [9.17, 15) is 0 Å². The molecule has 0 aliphatic carbocycles. The number of rotatable bonds is 6. The van der Waals surface area contributed by atoms with E-state index >= 15 is 0 Å². The van der Waals surface area contributed by atoms with Crippen LogP contribution in [0.25, 0.3) is 0 Å². The van der Waals surface area contributed by atoms with Gasteiger partial charge in [-0.05, 0) is 52.3 Å². The second-order valence-corrected chi connectivity index (χ2v) is 6.49. The number of likely N-dealkylation sites (N-methyl/N-ethyl adjacent to an activating group) is 1. The molecule has 0 saturated carbocycles. The van der Waals surface area contributed by atoms with E-state index in [0.717, 1.165) is 18.1 Å². The van der Waals surface area contributed by atoms with Gasteiger partial charge in [0.25, 0.3) is 0 Å². The van der Waals surface area contributed by atoms with E-state index in [1.807, 2.05) is 6.92 Å². The molecule has 1 atom stereocenters. The molecule has 0 saturated heterocycles. The molecule has 0 aliphatic heterocycles. The molecule has 4 nitrogen and oxygen atoms in total. The molecule has 1 heterocycles. The number of ether oxygens (including phenoxy) is 1. The number of pyridine rings is 1. The summed E-state index contributed by atoms with van der Waals surface area (Å²) in [6.07, 6.45) is 0. The Hall–Kier alpha value is -1.13. The van der Waals surface area contributed by atoms with E-state index in [-0.39, 0.29) is 5.54 Å². The van der Waals surface area contributed by atoms with E-state index in [2.05, 4.69) is 62.1 Å². The lowest BCUT2D eigenvalue weighted by Gasteiger charge is -2.26. The smallest absolute Gasteiger partial charge is 0.129 e. The van der Waals surface area contributed by atoms with Crippen molar-refractivity contribution in [1.82, 2.24) is 10.3 Å². The van der Waals surface area contributed by atoms with Crippen molar-refractivity contribution in [3.63, 3.8) is 0 Å². The molecule has 0 spiro atoms. The number of aromatic nitrogens is 1. The SMILES string of the molecule is COCC(C)N(C)c1cc(CNC(C)(C)C)cc(C)n1.